The van der Waals surface area contributed by atoms with Gasteiger partial charge >= 0.3 is 6.92 Å². The first-order valence-corrected chi connectivity index (χ1v) is 3.77. The van der Waals surface area contributed by atoms with E-state index in [1.54, 1.807) is 0 Å². The lowest BCUT2D eigenvalue weighted by molar-refractivity contribution is 0.333. The zero-order chi connectivity index (χ0) is 7.84. The molecule has 0 amide bonds. The summed E-state index contributed by atoms with van der Waals surface area (Å²) in [6.45, 7) is 3.00. The van der Waals surface area contributed by atoms with Crippen molar-refractivity contribution in [1.82, 2.24) is 0 Å². The number of hydrogen-bond donors (Lipinski definition) is 1. The third-order valence-electron chi connectivity index (χ3n) is 2.10. The minimum Gasteiger partial charge on any atom is -0.427 e. The van der Waals surface area contributed by atoms with Crippen LogP contribution < -0.4 is 11.2 Å². The van der Waals surface area contributed by atoms with Gasteiger partial charge in [0.1, 0.15) is 0 Å². The quantitative estimate of drug-likeness (QED) is 0.431. The van der Waals surface area contributed by atoms with E-state index >= 15 is 0 Å². The fraction of sp³-hybridized carbons (Fsp3) is 0.250. The van der Waals surface area contributed by atoms with Crippen LogP contribution in [0.15, 0.2) is 18.2 Å². The topological polar surface area (TPSA) is 35.2 Å². The van der Waals surface area contributed by atoms with E-state index in [-0.39, 0.29) is 6.92 Å². The molecule has 2 nitrogen and oxygen atoms in total. The van der Waals surface area contributed by atoms with Crippen molar-refractivity contribution in [3.8, 4) is 0 Å². The highest BCUT2D eigenvalue weighted by Crippen LogP contribution is 2.12. The Balaban J connectivity index is 2.52. The van der Waals surface area contributed by atoms with Gasteiger partial charge in [0.25, 0.3) is 0 Å². The summed E-state index contributed by atoms with van der Waals surface area (Å²) in [5.74, 6) is 0. The Morgan fingerprint density at radius 3 is 3.18 bits per heavy atom. The molecule has 2 N–H and O–H groups in total. The van der Waals surface area contributed by atoms with E-state index in [0.29, 0.717) is 0 Å². The lowest BCUT2D eigenvalue weighted by Gasteiger charge is -1.99. The third-order valence-corrected chi connectivity index (χ3v) is 2.10. The molecule has 0 atom stereocenters. The van der Waals surface area contributed by atoms with Crippen molar-refractivity contribution in [2.45, 2.75) is 13.4 Å². The normalized spacial score (nSPS) is 15.2. The van der Waals surface area contributed by atoms with Crippen molar-refractivity contribution < 1.29 is 4.65 Å². The van der Waals surface area contributed by atoms with Gasteiger partial charge in [-0.1, -0.05) is 12.9 Å². The molecule has 0 aliphatic carbocycles. The maximum absolute atomic E-state index is 5.64. The number of nitrogen functional groups attached to an aromatic ring is 1. The molecule has 1 aromatic rings. The Hall–Kier alpha value is -0.955. The number of hydrogen-bond acceptors (Lipinski definition) is 2. The molecule has 0 bridgehead atoms. The first kappa shape index (κ1) is 6.74. The summed E-state index contributed by atoms with van der Waals surface area (Å²) in [7, 11) is 0. The minimum absolute atomic E-state index is 0.216. The average Bonchev–Trinajstić information content (AvgIpc) is 2.33. The Bertz CT molecular complexity index is 287. The summed E-state index contributed by atoms with van der Waals surface area (Å²) < 4.78 is 5.42. The first-order valence-electron chi connectivity index (χ1n) is 3.77. The lowest BCUT2D eigenvalue weighted by atomic mass is 9.64. The Labute approximate surface area is 66.5 Å². The number of benzene rings is 1. The molecule has 0 unspecified atom stereocenters. The molecule has 11 heavy (non-hydrogen) atoms. The van der Waals surface area contributed by atoms with Gasteiger partial charge in [0.2, 0.25) is 0 Å². The highest BCUT2D eigenvalue weighted by Gasteiger charge is 2.22. The minimum atomic E-state index is 0.216. The molecule has 2 rings (SSSR count). The van der Waals surface area contributed by atoms with Crippen LogP contribution >= 0.6 is 0 Å². The monoisotopic (exact) mass is 147 g/mol. The zero-order valence-corrected chi connectivity index (χ0v) is 6.50. The fourth-order valence-electron chi connectivity index (χ4n) is 1.43. The number of nitrogens with two attached hydrogens (primary N) is 1. The second kappa shape index (κ2) is 2.27. The highest BCUT2D eigenvalue weighted by molar-refractivity contribution is 6.67. The summed E-state index contributed by atoms with van der Waals surface area (Å²) in [4.78, 5) is 0. The summed E-state index contributed by atoms with van der Waals surface area (Å²) in [5.41, 5.74) is 8.97. The molecule has 0 saturated heterocycles. The van der Waals surface area contributed by atoms with Crippen LogP contribution in [0.4, 0.5) is 5.69 Å². The molecule has 0 saturated carbocycles. The molecule has 0 spiro atoms. The van der Waals surface area contributed by atoms with E-state index in [2.05, 4.69) is 0 Å². The van der Waals surface area contributed by atoms with Gasteiger partial charge in [-0.2, -0.15) is 0 Å². The third kappa shape index (κ3) is 1.01. The summed E-state index contributed by atoms with van der Waals surface area (Å²) in [6, 6.07) is 5.95. The predicted molar refractivity (Wildman–Crippen MR) is 46.9 cm³/mol. The number of rotatable bonds is 0. The second-order valence-corrected chi connectivity index (χ2v) is 2.91. The standard InChI is InChI=1S/C8H10BNO/c1-9-8-4-7(10)3-2-6(8)5-11-9/h2-4H,5,10H2,1H3. The molecular formula is C8H10BNO. The summed E-state index contributed by atoms with van der Waals surface area (Å²) >= 11 is 0. The van der Waals surface area contributed by atoms with Crippen molar-refractivity contribution in [3.63, 3.8) is 0 Å². The van der Waals surface area contributed by atoms with Gasteiger partial charge in [-0.25, -0.2) is 0 Å². The van der Waals surface area contributed by atoms with Crippen LogP contribution in [-0.2, 0) is 11.3 Å². The second-order valence-electron chi connectivity index (χ2n) is 2.91. The fourth-order valence-corrected chi connectivity index (χ4v) is 1.43. The van der Waals surface area contributed by atoms with E-state index in [4.69, 9.17) is 10.4 Å². The lowest BCUT2D eigenvalue weighted by Crippen LogP contribution is -2.24. The average molecular weight is 147 g/mol. The maximum atomic E-state index is 5.64. The van der Waals surface area contributed by atoms with E-state index in [1.165, 1.54) is 11.0 Å². The molecule has 0 aromatic heterocycles. The predicted octanol–water partition coefficient (Wildman–Crippen LogP) is 0.627. The van der Waals surface area contributed by atoms with Crippen LogP contribution in [0.2, 0.25) is 6.82 Å². The molecule has 3 heteroatoms. The van der Waals surface area contributed by atoms with Crippen molar-refractivity contribution in [2.75, 3.05) is 5.73 Å². The molecule has 1 aliphatic heterocycles. The highest BCUT2D eigenvalue weighted by atomic mass is 16.4. The van der Waals surface area contributed by atoms with Crippen molar-refractivity contribution in [3.05, 3.63) is 23.8 Å². The largest absolute Gasteiger partial charge is 0.427 e. The number of fused-ring (bicyclic) bond motifs is 1. The summed E-state index contributed by atoms with van der Waals surface area (Å²) in [6.07, 6.45) is 0. The van der Waals surface area contributed by atoms with Crippen LogP contribution in [0.5, 0.6) is 0 Å². The molecule has 56 valence electrons. The SMILES string of the molecule is CB1OCc2ccc(N)cc21. The van der Waals surface area contributed by atoms with E-state index < -0.39 is 0 Å². The van der Waals surface area contributed by atoms with E-state index in [1.807, 2.05) is 25.0 Å². The zero-order valence-electron chi connectivity index (χ0n) is 6.50. The van der Waals surface area contributed by atoms with Gasteiger partial charge in [-0.3, -0.25) is 0 Å². The van der Waals surface area contributed by atoms with Crippen LogP contribution in [0.25, 0.3) is 0 Å². The van der Waals surface area contributed by atoms with Gasteiger partial charge < -0.3 is 10.4 Å². The van der Waals surface area contributed by atoms with Gasteiger partial charge in [-0.05, 0) is 23.2 Å². The van der Waals surface area contributed by atoms with E-state index in [9.17, 15) is 0 Å². The first-order chi connectivity index (χ1) is 5.27. The Kier molecular flexibility index (Phi) is 1.39. The van der Waals surface area contributed by atoms with Gasteiger partial charge in [-0.15, -0.1) is 0 Å². The molecule has 1 heterocycles. The molecule has 0 radical (unpaired) electrons. The van der Waals surface area contributed by atoms with Crippen LogP contribution in [0, 0.1) is 0 Å². The van der Waals surface area contributed by atoms with Crippen molar-refractivity contribution in [1.29, 1.82) is 0 Å². The van der Waals surface area contributed by atoms with Gasteiger partial charge in [0, 0.05) is 5.69 Å². The van der Waals surface area contributed by atoms with Crippen LogP contribution in [0.1, 0.15) is 5.56 Å². The molecular weight excluding hydrogens is 137 g/mol. The maximum Gasteiger partial charge on any atom is 0.324 e. The van der Waals surface area contributed by atoms with E-state index in [0.717, 1.165) is 12.3 Å². The molecule has 1 aromatic carbocycles. The van der Waals surface area contributed by atoms with Crippen LogP contribution in [0.3, 0.4) is 0 Å². The van der Waals surface area contributed by atoms with Gasteiger partial charge in [0.05, 0.1) is 6.61 Å². The molecule has 1 aliphatic rings. The van der Waals surface area contributed by atoms with Crippen molar-refractivity contribution >= 4 is 18.1 Å². The smallest absolute Gasteiger partial charge is 0.324 e. The van der Waals surface area contributed by atoms with Crippen molar-refractivity contribution in [2.24, 2.45) is 0 Å². The number of anilines is 1. The Morgan fingerprint density at radius 2 is 2.36 bits per heavy atom. The summed E-state index contributed by atoms with van der Waals surface area (Å²) in [5, 5.41) is 0. The molecule has 0 fully saturated rings. The Morgan fingerprint density at radius 1 is 1.55 bits per heavy atom. The van der Waals surface area contributed by atoms with Gasteiger partial charge in [0.15, 0.2) is 0 Å². The van der Waals surface area contributed by atoms with Crippen LogP contribution in [-0.4, -0.2) is 6.92 Å².